The Balaban J connectivity index is 2.43. The second-order valence-corrected chi connectivity index (χ2v) is 5.94. The third-order valence-electron chi connectivity index (χ3n) is 2.25. The van der Waals surface area contributed by atoms with Gasteiger partial charge in [0.15, 0.2) is 5.96 Å². The fourth-order valence-electron chi connectivity index (χ4n) is 1.41. The van der Waals surface area contributed by atoms with Gasteiger partial charge in [0, 0.05) is 25.8 Å². The predicted octanol–water partition coefficient (Wildman–Crippen LogP) is -0.314. The Morgan fingerprint density at radius 3 is 2.70 bits per heavy atom. The highest BCUT2D eigenvalue weighted by atomic mass is 32.2. The summed E-state index contributed by atoms with van der Waals surface area (Å²) in [6.07, 6.45) is 2.86. The molecule has 112 valence electrons. The number of guanidine groups is 1. The minimum absolute atomic E-state index is 0.312. The largest absolute Gasteiger partial charge is 0.357 e. The standard InChI is InChI=1S/C12H21N5O2S/c1-3-13-12(15-8-9-17-20(2,18)19)16-10-11-6-4-5-7-14-11/h4-7,17H,3,8-10H2,1-2H3,(H2,13,15,16). The minimum Gasteiger partial charge on any atom is -0.357 e. The lowest BCUT2D eigenvalue weighted by molar-refractivity contribution is 0.586. The molecule has 1 heterocycles. The number of nitrogens with zero attached hydrogens (tertiary/aromatic N) is 2. The SMILES string of the molecule is CCNC(=NCc1ccccn1)NCCNS(C)(=O)=O. The van der Waals surface area contributed by atoms with Crippen LogP contribution in [0.4, 0.5) is 0 Å². The number of aliphatic imine (C=N–C) groups is 1. The zero-order valence-electron chi connectivity index (χ0n) is 11.8. The number of nitrogens with one attached hydrogen (secondary N) is 3. The predicted molar refractivity (Wildman–Crippen MR) is 79.9 cm³/mol. The molecule has 0 aliphatic heterocycles. The van der Waals surface area contributed by atoms with Crippen LogP contribution in [0.1, 0.15) is 12.6 Å². The van der Waals surface area contributed by atoms with E-state index in [-0.39, 0.29) is 0 Å². The van der Waals surface area contributed by atoms with E-state index < -0.39 is 10.0 Å². The van der Waals surface area contributed by atoms with Crippen LogP contribution in [0.25, 0.3) is 0 Å². The number of hydrogen-bond donors (Lipinski definition) is 3. The van der Waals surface area contributed by atoms with Crippen LogP contribution in [0.2, 0.25) is 0 Å². The van der Waals surface area contributed by atoms with Crippen LogP contribution < -0.4 is 15.4 Å². The lowest BCUT2D eigenvalue weighted by Gasteiger charge is -2.11. The van der Waals surface area contributed by atoms with Gasteiger partial charge in [0.25, 0.3) is 0 Å². The Bertz CT molecular complexity index is 516. The fraction of sp³-hybridized carbons (Fsp3) is 0.500. The van der Waals surface area contributed by atoms with E-state index in [0.29, 0.717) is 25.6 Å². The van der Waals surface area contributed by atoms with E-state index in [2.05, 4.69) is 25.3 Å². The first-order valence-corrected chi connectivity index (χ1v) is 8.27. The summed E-state index contributed by atoms with van der Waals surface area (Å²) in [5, 5.41) is 6.13. The molecule has 0 saturated carbocycles. The van der Waals surface area contributed by atoms with E-state index in [1.54, 1.807) is 6.20 Å². The molecular formula is C12H21N5O2S. The summed E-state index contributed by atoms with van der Waals surface area (Å²) in [6.45, 7) is 3.93. The number of sulfonamides is 1. The molecule has 0 unspecified atom stereocenters. The van der Waals surface area contributed by atoms with E-state index in [1.807, 2.05) is 25.1 Å². The van der Waals surface area contributed by atoms with Crippen molar-refractivity contribution in [2.75, 3.05) is 25.9 Å². The highest BCUT2D eigenvalue weighted by Gasteiger charge is 2.00. The van der Waals surface area contributed by atoms with Crippen LogP contribution in [-0.4, -0.2) is 45.3 Å². The van der Waals surface area contributed by atoms with Crippen LogP contribution in [0, 0.1) is 0 Å². The van der Waals surface area contributed by atoms with Gasteiger partial charge in [0.05, 0.1) is 18.5 Å². The number of pyridine rings is 1. The first kappa shape index (κ1) is 16.4. The summed E-state index contributed by atoms with van der Waals surface area (Å²) in [5.41, 5.74) is 0.874. The second-order valence-electron chi connectivity index (χ2n) is 4.11. The fourth-order valence-corrected chi connectivity index (χ4v) is 1.88. The van der Waals surface area contributed by atoms with Crippen LogP contribution in [-0.2, 0) is 16.6 Å². The third kappa shape index (κ3) is 7.70. The quantitative estimate of drug-likeness (QED) is 0.364. The van der Waals surface area contributed by atoms with Gasteiger partial charge in [-0.25, -0.2) is 18.1 Å². The zero-order valence-corrected chi connectivity index (χ0v) is 12.6. The minimum atomic E-state index is -3.15. The van der Waals surface area contributed by atoms with Crippen molar-refractivity contribution in [2.45, 2.75) is 13.5 Å². The average Bonchev–Trinajstić information content (AvgIpc) is 2.41. The van der Waals surface area contributed by atoms with Crippen molar-refractivity contribution in [3.8, 4) is 0 Å². The van der Waals surface area contributed by atoms with Gasteiger partial charge in [0.2, 0.25) is 10.0 Å². The summed E-state index contributed by atoms with van der Waals surface area (Å²) in [6, 6.07) is 5.67. The summed E-state index contributed by atoms with van der Waals surface area (Å²) in [4.78, 5) is 8.56. The van der Waals surface area contributed by atoms with Crippen molar-refractivity contribution in [1.82, 2.24) is 20.3 Å². The molecule has 0 aliphatic rings. The summed E-state index contributed by atoms with van der Waals surface area (Å²) >= 11 is 0. The molecule has 20 heavy (non-hydrogen) atoms. The molecule has 0 saturated heterocycles. The summed E-state index contributed by atoms with van der Waals surface area (Å²) in [5.74, 6) is 0.633. The Hall–Kier alpha value is -1.67. The van der Waals surface area contributed by atoms with Gasteiger partial charge in [-0.05, 0) is 19.1 Å². The molecular weight excluding hydrogens is 278 g/mol. The first-order valence-electron chi connectivity index (χ1n) is 6.38. The maximum absolute atomic E-state index is 10.9. The summed E-state index contributed by atoms with van der Waals surface area (Å²) in [7, 11) is -3.15. The third-order valence-corrected chi connectivity index (χ3v) is 2.98. The van der Waals surface area contributed by atoms with Crippen LogP contribution in [0.3, 0.4) is 0 Å². The normalized spacial score (nSPS) is 12.2. The van der Waals surface area contributed by atoms with E-state index in [4.69, 9.17) is 0 Å². The van der Waals surface area contributed by atoms with Gasteiger partial charge in [-0.3, -0.25) is 4.98 Å². The average molecular weight is 299 g/mol. The highest BCUT2D eigenvalue weighted by molar-refractivity contribution is 7.88. The Morgan fingerprint density at radius 1 is 1.30 bits per heavy atom. The molecule has 3 N–H and O–H groups in total. The molecule has 0 aromatic carbocycles. The Kier molecular flexibility index (Phi) is 6.96. The molecule has 0 spiro atoms. The summed E-state index contributed by atoms with van der Waals surface area (Å²) < 4.78 is 24.2. The molecule has 8 heteroatoms. The van der Waals surface area contributed by atoms with Crippen molar-refractivity contribution in [1.29, 1.82) is 0 Å². The van der Waals surface area contributed by atoms with Crippen molar-refractivity contribution >= 4 is 16.0 Å². The van der Waals surface area contributed by atoms with Gasteiger partial charge >= 0.3 is 0 Å². The van der Waals surface area contributed by atoms with Crippen LogP contribution in [0.15, 0.2) is 29.4 Å². The van der Waals surface area contributed by atoms with E-state index >= 15 is 0 Å². The number of hydrogen-bond acceptors (Lipinski definition) is 4. The van der Waals surface area contributed by atoms with Crippen molar-refractivity contribution in [2.24, 2.45) is 4.99 Å². The maximum atomic E-state index is 10.9. The highest BCUT2D eigenvalue weighted by Crippen LogP contribution is 1.95. The van der Waals surface area contributed by atoms with Crippen molar-refractivity contribution in [3.05, 3.63) is 30.1 Å². The van der Waals surface area contributed by atoms with Crippen molar-refractivity contribution < 1.29 is 8.42 Å². The molecule has 1 aromatic rings. The van der Waals surface area contributed by atoms with Gasteiger partial charge in [-0.15, -0.1) is 0 Å². The lowest BCUT2D eigenvalue weighted by Crippen LogP contribution is -2.41. The molecule has 0 fully saturated rings. The molecule has 0 aliphatic carbocycles. The molecule has 7 nitrogen and oxygen atoms in total. The lowest BCUT2D eigenvalue weighted by atomic mass is 10.3. The van der Waals surface area contributed by atoms with Crippen LogP contribution in [0.5, 0.6) is 0 Å². The molecule has 0 bridgehead atoms. The molecule has 0 atom stereocenters. The van der Waals surface area contributed by atoms with Crippen LogP contribution >= 0.6 is 0 Å². The van der Waals surface area contributed by atoms with Gasteiger partial charge in [-0.2, -0.15) is 0 Å². The topological polar surface area (TPSA) is 95.5 Å². The molecule has 1 aromatic heterocycles. The Labute approximate surface area is 120 Å². The first-order chi connectivity index (χ1) is 9.51. The maximum Gasteiger partial charge on any atom is 0.208 e. The van der Waals surface area contributed by atoms with E-state index in [0.717, 1.165) is 18.5 Å². The van der Waals surface area contributed by atoms with E-state index in [9.17, 15) is 8.42 Å². The smallest absolute Gasteiger partial charge is 0.208 e. The number of aromatic nitrogens is 1. The molecule has 0 amide bonds. The van der Waals surface area contributed by atoms with Crippen molar-refractivity contribution in [3.63, 3.8) is 0 Å². The number of rotatable bonds is 7. The monoisotopic (exact) mass is 299 g/mol. The van der Waals surface area contributed by atoms with Gasteiger partial charge < -0.3 is 10.6 Å². The van der Waals surface area contributed by atoms with Gasteiger partial charge in [-0.1, -0.05) is 6.07 Å². The second kappa shape index (κ2) is 8.49. The molecule has 0 radical (unpaired) electrons. The van der Waals surface area contributed by atoms with Gasteiger partial charge in [0.1, 0.15) is 0 Å². The Morgan fingerprint density at radius 2 is 2.10 bits per heavy atom. The van der Waals surface area contributed by atoms with E-state index in [1.165, 1.54) is 0 Å². The molecule has 1 rings (SSSR count). The zero-order chi connectivity index (χ0) is 14.8.